The molecule has 3 heteroatoms. The lowest BCUT2D eigenvalue weighted by molar-refractivity contribution is 0.228. The Morgan fingerprint density at radius 2 is 1.60 bits per heavy atom. The van der Waals surface area contributed by atoms with Gasteiger partial charge in [-0.2, -0.15) is 0 Å². The minimum atomic E-state index is 0.307. The molecule has 0 saturated heterocycles. The third kappa shape index (κ3) is 11.8. The lowest BCUT2D eigenvalue weighted by atomic mass is 10.1. The highest BCUT2D eigenvalue weighted by molar-refractivity contribution is 4.54. The van der Waals surface area contributed by atoms with Crippen molar-refractivity contribution in [2.24, 2.45) is 5.92 Å². The summed E-state index contributed by atoms with van der Waals surface area (Å²) >= 11 is 0. The van der Waals surface area contributed by atoms with Crippen molar-refractivity contribution in [3.63, 3.8) is 0 Å². The average Bonchev–Trinajstić information content (AvgIpc) is 2.26. The number of hydrogen-bond donors (Lipinski definition) is 3. The predicted molar refractivity (Wildman–Crippen MR) is 63.9 cm³/mol. The SMILES string of the molecule is CC(CO)CCCNCCCCCCO. The van der Waals surface area contributed by atoms with Crippen molar-refractivity contribution >= 4 is 0 Å². The summed E-state index contributed by atoms with van der Waals surface area (Å²) in [5, 5.41) is 20.8. The highest BCUT2D eigenvalue weighted by Crippen LogP contribution is 2.02. The van der Waals surface area contributed by atoms with Crippen LogP contribution < -0.4 is 5.32 Å². The molecule has 0 rings (SSSR count). The second kappa shape index (κ2) is 12.0. The van der Waals surface area contributed by atoms with Crippen LogP contribution in [0.15, 0.2) is 0 Å². The van der Waals surface area contributed by atoms with E-state index in [2.05, 4.69) is 12.2 Å². The van der Waals surface area contributed by atoms with Gasteiger partial charge in [0.05, 0.1) is 0 Å². The van der Waals surface area contributed by atoms with Gasteiger partial charge in [0.25, 0.3) is 0 Å². The van der Waals surface area contributed by atoms with Crippen LogP contribution in [0.2, 0.25) is 0 Å². The van der Waals surface area contributed by atoms with E-state index in [1.54, 1.807) is 0 Å². The zero-order chi connectivity index (χ0) is 11.4. The molecule has 0 aromatic carbocycles. The minimum absolute atomic E-state index is 0.307. The first-order valence-electron chi connectivity index (χ1n) is 6.23. The number of aliphatic hydroxyl groups is 2. The van der Waals surface area contributed by atoms with Crippen LogP contribution in [-0.4, -0.2) is 36.5 Å². The van der Waals surface area contributed by atoms with E-state index in [1.165, 1.54) is 12.8 Å². The fourth-order valence-electron chi connectivity index (χ4n) is 1.51. The monoisotopic (exact) mass is 217 g/mol. The molecular formula is C12H27NO2. The van der Waals surface area contributed by atoms with E-state index in [4.69, 9.17) is 10.2 Å². The summed E-state index contributed by atoms with van der Waals surface area (Å²) < 4.78 is 0. The zero-order valence-corrected chi connectivity index (χ0v) is 10.0. The van der Waals surface area contributed by atoms with E-state index in [0.717, 1.165) is 38.8 Å². The molecule has 0 heterocycles. The van der Waals surface area contributed by atoms with Crippen molar-refractivity contribution in [3.05, 3.63) is 0 Å². The van der Waals surface area contributed by atoms with E-state index in [9.17, 15) is 0 Å². The van der Waals surface area contributed by atoms with Crippen molar-refractivity contribution in [2.45, 2.75) is 45.4 Å². The number of rotatable bonds is 11. The summed E-state index contributed by atoms with van der Waals surface area (Å²) in [6, 6.07) is 0. The van der Waals surface area contributed by atoms with Gasteiger partial charge in [-0.05, 0) is 44.7 Å². The molecule has 0 aliphatic rings. The van der Waals surface area contributed by atoms with Gasteiger partial charge in [-0.3, -0.25) is 0 Å². The Morgan fingerprint density at radius 3 is 2.27 bits per heavy atom. The average molecular weight is 217 g/mol. The molecule has 0 aromatic rings. The third-order valence-electron chi connectivity index (χ3n) is 2.62. The fraction of sp³-hybridized carbons (Fsp3) is 1.00. The summed E-state index contributed by atoms with van der Waals surface area (Å²) in [5.41, 5.74) is 0. The second-order valence-electron chi connectivity index (χ2n) is 4.32. The smallest absolute Gasteiger partial charge is 0.0456 e. The number of aliphatic hydroxyl groups excluding tert-OH is 2. The molecule has 0 bridgehead atoms. The summed E-state index contributed by atoms with van der Waals surface area (Å²) in [4.78, 5) is 0. The van der Waals surface area contributed by atoms with Gasteiger partial charge in [-0.25, -0.2) is 0 Å². The second-order valence-corrected chi connectivity index (χ2v) is 4.32. The van der Waals surface area contributed by atoms with Crippen molar-refractivity contribution in [1.29, 1.82) is 0 Å². The predicted octanol–water partition coefficient (Wildman–Crippen LogP) is 1.54. The van der Waals surface area contributed by atoms with Gasteiger partial charge in [0.2, 0.25) is 0 Å². The number of hydrogen-bond acceptors (Lipinski definition) is 3. The summed E-state index contributed by atoms with van der Waals surface area (Å²) in [7, 11) is 0. The largest absolute Gasteiger partial charge is 0.396 e. The first-order valence-corrected chi connectivity index (χ1v) is 6.23. The van der Waals surface area contributed by atoms with Crippen LogP contribution in [0.25, 0.3) is 0 Å². The molecule has 0 saturated carbocycles. The first kappa shape index (κ1) is 14.9. The zero-order valence-electron chi connectivity index (χ0n) is 10.0. The Labute approximate surface area is 93.9 Å². The van der Waals surface area contributed by atoms with Gasteiger partial charge in [0.1, 0.15) is 0 Å². The van der Waals surface area contributed by atoms with Crippen LogP contribution >= 0.6 is 0 Å². The van der Waals surface area contributed by atoms with Gasteiger partial charge in [0, 0.05) is 13.2 Å². The number of nitrogens with one attached hydrogen (secondary N) is 1. The van der Waals surface area contributed by atoms with Gasteiger partial charge in [-0.1, -0.05) is 19.8 Å². The lowest BCUT2D eigenvalue weighted by Crippen LogP contribution is -2.17. The summed E-state index contributed by atoms with van der Waals surface area (Å²) in [6.45, 7) is 4.85. The quantitative estimate of drug-likeness (QED) is 0.460. The molecule has 0 aliphatic heterocycles. The minimum Gasteiger partial charge on any atom is -0.396 e. The molecule has 0 aliphatic carbocycles. The maximum absolute atomic E-state index is 8.82. The highest BCUT2D eigenvalue weighted by Gasteiger charge is 1.98. The molecule has 0 fully saturated rings. The summed E-state index contributed by atoms with van der Waals surface area (Å²) in [5.74, 6) is 0.441. The van der Waals surface area contributed by atoms with Crippen molar-refractivity contribution in [3.8, 4) is 0 Å². The first-order chi connectivity index (χ1) is 7.31. The molecule has 15 heavy (non-hydrogen) atoms. The highest BCUT2D eigenvalue weighted by atomic mass is 16.3. The van der Waals surface area contributed by atoms with E-state index >= 15 is 0 Å². The van der Waals surface area contributed by atoms with E-state index in [1.807, 2.05) is 0 Å². The molecule has 3 nitrogen and oxygen atoms in total. The fourth-order valence-corrected chi connectivity index (χ4v) is 1.51. The van der Waals surface area contributed by atoms with Gasteiger partial charge in [0.15, 0.2) is 0 Å². The molecular weight excluding hydrogens is 190 g/mol. The lowest BCUT2D eigenvalue weighted by Gasteiger charge is -2.08. The standard InChI is InChI=1S/C12H27NO2/c1-12(11-15)7-6-9-13-8-4-2-3-5-10-14/h12-15H,2-11H2,1H3. The number of unbranched alkanes of at least 4 members (excludes halogenated alkanes) is 3. The Morgan fingerprint density at radius 1 is 0.933 bits per heavy atom. The molecule has 1 unspecified atom stereocenters. The Hall–Kier alpha value is -0.120. The van der Waals surface area contributed by atoms with Crippen LogP contribution in [0, 0.1) is 5.92 Å². The normalized spacial score (nSPS) is 13.0. The van der Waals surface area contributed by atoms with Crippen molar-refractivity contribution < 1.29 is 10.2 Å². The van der Waals surface area contributed by atoms with Crippen LogP contribution in [0.5, 0.6) is 0 Å². The topological polar surface area (TPSA) is 52.5 Å². The Bertz CT molecular complexity index is 120. The van der Waals surface area contributed by atoms with Gasteiger partial charge < -0.3 is 15.5 Å². The van der Waals surface area contributed by atoms with Crippen molar-refractivity contribution in [2.75, 3.05) is 26.3 Å². The van der Waals surface area contributed by atoms with Crippen LogP contribution in [0.3, 0.4) is 0 Å². The molecule has 1 atom stereocenters. The van der Waals surface area contributed by atoms with E-state index < -0.39 is 0 Å². The maximum Gasteiger partial charge on any atom is 0.0456 e. The molecule has 0 amide bonds. The maximum atomic E-state index is 8.82. The molecule has 0 aromatic heterocycles. The Kier molecular flexibility index (Phi) is 11.9. The molecule has 0 radical (unpaired) electrons. The van der Waals surface area contributed by atoms with E-state index in [-0.39, 0.29) is 0 Å². The third-order valence-corrected chi connectivity index (χ3v) is 2.62. The van der Waals surface area contributed by atoms with E-state index in [0.29, 0.717) is 19.1 Å². The van der Waals surface area contributed by atoms with Crippen LogP contribution in [-0.2, 0) is 0 Å². The molecule has 92 valence electrons. The Balaban J connectivity index is 2.92. The van der Waals surface area contributed by atoms with Crippen LogP contribution in [0.4, 0.5) is 0 Å². The van der Waals surface area contributed by atoms with Crippen molar-refractivity contribution in [1.82, 2.24) is 5.32 Å². The van der Waals surface area contributed by atoms with Crippen LogP contribution in [0.1, 0.15) is 45.4 Å². The molecule has 0 spiro atoms. The molecule has 3 N–H and O–H groups in total. The summed E-state index contributed by atoms with van der Waals surface area (Å²) in [6.07, 6.45) is 6.75. The van der Waals surface area contributed by atoms with Gasteiger partial charge in [-0.15, -0.1) is 0 Å². The van der Waals surface area contributed by atoms with Gasteiger partial charge >= 0.3 is 0 Å².